The van der Waals surface area contributed by atoms with Gasteiger partial charge in [-0.2, -0.15) is 5.10 Å². The lowest BCUT2D eigenvalue weighted by atomic mass is 10.00. The Morgan fingerprint density at radius 2 is 2.05 bits per heavy atom. The molecule has 0 saturated carbocycles. The quantitative estimate of drug-likeness (QED) is 0.835. The van der Waals surface area contributed by atoms with Crippen LogP contribution < -0.4 is 0 Å². The normalized spacial score (nSPS) is 18.1. The van der Waals surface area contributed by atoms with Crippen LogP contribution in [0.15, 0.2) is 35.9 Å². The SMILES string of the molecule is Cn1nc(C(O)C2=CCCCCC2)c2ccccc21. The van der Waals surface area contributed by atoms with E-state index in [9.17, 15) is 5.11 Å². The van der Waals surface area contributed by atoms with Gasteiger partial charge >= 0.3 is 0 Å². The third-order valence-electron chi connectivity index (χ3n) is 3.97. The summed E-state index contributed by atoms with van der Waals surface area (Å²) in [5.74, 6) is 0. The van der Waals surface area contributed by atoms with Crippen molar-refractivity contribution in [2.75, 3.05) is 0 Å². The summed E-state index contributed by atoms with van der Waals surface area (Å²) in [5.41, 5.74) is 3.01. The molecular formula is C16H20N2O. The predicted molar refractivity (Wildman–Crippen MR) is 76.8 cm³/mol. The number of para-hydroxylation sites is 1. The van der Waals surface area contributed by atoms with Gasteiger partial charge < -0.3 is 5.11 Å². The molecule has 100 valence electrons. The van der Waals surface area contributed by atoms with Crippen LogP contribution >= 0.6 is 0 Å². The molecule has 1 aliphatic rings. The van der Waals surface area contributed by atoms with Crippen LogP contribution in [0.4, 0.5) is 0 Å². The zero-order chi connectivity index (χ0) is 13.2. The van der Waals surface area contributed by atoms with Gasteiger partial charge in [-0.25, -0.2) is 0 Å². The molecule has 0 saturated heterocycles. The average Bonchev–Trinajstić information content (AvgIpc) is 2.64. The van der Waals surface area contributed by atoms with Gasteiger partial charge in [-0.1, -0.05) is 30.7 Å². The van der Waals surface area contributed by atoms with Gasteiger partial charge in [0.15, 0.2) is 0 Å². The fourth-order valence-corrected chi connectivity index (χ4v) is 2.91. The molecule has 3 heteroatoms. The molecule has 0 amide bonds. The molecule has 3 nitrogen and oxygen atoms in total. The lowest BCUT2D eigenvalue weighted by Gasteiger charge is -2.12. The van der Waals surface area contributed by atoms with E-state index in [1.807, 2.05) is 36.0 Å². The maximum Gasteiger partial charge on any atom is 0.119 e. The monoisotopic (exact) mass is 256 g/mol. The highest BCUT2D eigenvalue weighted by atomic mass is 16.3. The Labute approximate surface area is 113 Å². The van der Waals surface area contributed by atoms with Gasteiger partial charge in [0.05, 0.1) is 5.52 Å². The first-order chi connectivity index (χ1) is 9.27. The van der Waals surface area contributed by atoms with E-state index >= 15 is 0 Å². The van der Waals surface area contributed by atoms with Crippen LogP contribution in [-0.4, -0.2) is 14.9 Å². The van der Waals surface area contributed by atoms with Gasteiger partial charge in [-0.15, -0.1) is 0 Å². The number of hydrogen-bond donors (Lipinski definition) is 1. The summed E-state index contributed by atoms with van der Waals surface area (Å²) >= 11 is 0. The Morgan fingerprint density at radius 3 is 2.95 bits per heavy atom. The van der Waals surface area contributed by atoms with Crippen molar-refractivity contribution >= 4 is 10.9 Å². The minimum atomic E-state index is -0.552. The highest BCUT2D eigenvalue weighted by Gasteiger charge is 2.20. The zero-order valence-electron chi connectivity index (χ0n) is 11.3. The molecule has 1 aliphatic carbocycles. The van der Waals surface area contributed by atoms with Crippen molar-refractivity contribution in [1.29, 1.82) is 0 Å². The highest BCUT2D eigenvalue weighted by molar-refractivity contribution is 5.82. The first-order valence-electron chi connectivity index (χ1n) is 7.06. The van der Waals surface area contributed by atoms with E-state index in [-0.39, 0.29) is 0 Å². The molecule has 19 heavy (non-hydrogen) atoms. The Balaban J connectivity index is 2.01. The fraction of sp³-hybridized carbons (Fsp3) is 0.438. The first kappa shape index (κ1) is 12.4. The van der Waals surface area contributed by atoms with Crippen LogP contribution in [0.3, 0.4) is 0 Å². The maximum absolute atomic E-state index is 10.6. The van der Waals surface area contributed by atoms with Crippen LogP contribution in [0.25, 0.3) is 10.9 Å². The summed E-state index contributed by atoms with van der Waals surface area (Å²) in [6.07, 6.45) is 7.40. The van der Waals surface area contributed by atoms with E-state index in [2.05, 4.69) is 11.2 Å². The number of aliphatic hydroxyl groups excluding tert-OH is 1. The topological polar surface area (TPSA) is 38.0 Å². The molecule has 2 aromatic rings. The average molecular weight is 256 g/mol. The van der Waals surface area contributed by atoms with Crippen molar-refractivity contribution in [1.82, 2.24) is 9.78 Å². The largest absolute Gasteiger partial charge is 0.382 e. The second-order valence-corrected chi connectivity index (χ2v) is 5.31. The fourth-order valence-electron chi connectivity index (χ4n) is 2.91. The molecule has 1 heterocycles. The number of aliphatic hydroxyl groups is 1. The van der Waals surface area contributed by atoms with E-state index < -0.39 is 6.10 Å². The molecule has 0 fully saturated rings. The third kappa shape index (κ3) is 2.30. The van der Waals surface area contributed by atoms with Gasteiger partial charge in [0, 0.05) is 12.4 Å². The third-order valence-corrected chi connectivity index (χ3v) is 3.97. The molecule has 0 aliphatic heterocycles. The van der Waals surface area contributed by atoms with Crippen LogP contribution in [-0.2, 0) is 7.05 Å². The van der Waals surface area contributed by atoms with Crippen molar-refractivity contribution in [3.05, 3.63) is 41.6 Å². The number of fused-ring (bicyclic) bond motifs is 1. The Morgan fingerprint density at radius 1 is 1.21 bits per heavy atom. The van der Waals surface area contributed by atoms with Crippen molar-refractivity contribution in [2.45, 2.75) is 38.2 Å². The Bertz CT molecular complexity index is 612. The number of allylic oxidation sites excluding steroid dienone is 1. The second kappa shape index (κ2) is 5.17. The van der Waals surface area contributed by atoms with Gasteiger partial charge in [0.2, 0.25) is 0 Å². The number of nitrogens with zero attached hydrogens (tertiary/aromatic N) is 2. The summed E-state index contributed by atoms with van der Waals surface area (Å²) in [7, 11) is 1.93. The maximum atomic E-state index is 10.6. The van der Waals surface area contributed by atoms with Gasteiger partial charge in [0.25, 0.3) is 0 Å². The minimum absolute atomic E-state index is 0.552. The summed E-state index contributed by atoms with van der Waals surface area (Å²) in [6, 6.07) is 8.09. The molecule has 1 aromatic carbocycles. The summed E-state index contributed by atoms with van der Waals surface area (Å²) in [5, 5.41) is 16.2. The number of hydrogen-bond acceptors (Lipinski definition) is 2. The highest BCUT2D eigenvalue weighted by Crippen LogP contribution is 2.32. The molecule has 0 spiro atoms. The number of benzene rings is 1. The number of rotatable bonds is 2. The van der Waals surface area contributed by atoms with Crippen LogP contribution in [0.2, 0.25) is 0 Å². The van der Waals surface area contributed by atoms with Crippen LogP contribution in [0, 0.1) is 0 Å². The van der Waals surface area contributed by atoms with Crippen LogP contribution in [0.5, 0.6) is 0 Å². The van der Waals surface area contributed by atoms with Crippen molar-refractivity contribution in [3.8, 4) is 0 Å². The summed E-state index contributed by atoms with van der Waals surface area (Å²) in [4.78, 5) is 0. The van der Waals surface area contributed by atoms with E-state index in [0.29, 0.717) is 0 Å². The van der Waals surface area contributed by atoms with Gasteiger partial charge in [0.1, 0.15) is 11.8 Å². The molecule has 0 radical (unpaired) electrons. The van der Waals surface area contributed by atoms with Gasteiger partial charge in [-0.3, -0.25) is 4.68 Å². The van der Waals surface area contributed by atoms with E-state index in [1.165, 1.54) is 19.3 Å². The van der Waals surface area contributed by atoms with Crippen LogP contribution in [0.1, 0.15) is 43.9 Å². The second-order valence-electron chi connectivity index (χ2n) is 5.31. The standard InChI is InChI=1S/C16H20N2O/c1-18-14-11-7-6-10-13(14)15(17-18)16(19)12-8-4-2-3-5-9-12/h6-8,10-11,16,19H,2-5,9H2,1H3. The molecule has 1 aromatic heterocycles. The lowest BCUT2D eigenvalue weighted by Crippen LogP contribution is -2.03. The lowest BCUT2D eigenvalue weighted by molar-refractivity contribution is 0.206. The van der Waals surface area contributed by atoms with Crippen molar-refractivity contribution in [3.63, 3.8) is 0 Å². The Hall–Kier alpha value is -1.61. The predicted octanol–water partition coefficient (Wildman–Crippen LogP) is 3.50. The molecule has 1 unspecified atom stereocenters. The molecule has 3 rings (SSSR count). The van der Waals surface area contributed by atoms with E-state index in [0.717, 1.165) is 35.0 Å². The summed E-state index contributed by atoms with van der Waals surface area (Å²) < 4.78 is 1.85. The van der Waals surface area contributed by atoms with Crippen molar-refractivity contribution in [2.24, 2.45) is 7.05 Å². The summed E-state index contributed by atoms with van der Waals surface area (Å²) in [6.45, 7) is 0. The molecule has 1 N–H and O–H groups in total. The van der Waals surface area contributed by atoms with E-state index in [4.69, 9.17) is 0 Å². The van der Waals surface area contributed by atoms with E-state index in [1.54, 1.807) is 0 Å². The zero-order valence-corrected chi connectivity index (χ0v) is 11.3. The number of aryl methyl sites for hydroxylation is 1. The smallest absolute Gasteiger partial charge is 0.119 e. The first-order valence-corrected chi connectivity index (χ1v) is 7.06. The number of aromatic nitrogens is 2. The van der Waals surface area contributed by atoms with Gasteiger partial charge in [-0.05, 0) is 37.3 Å². The molecule has 1 atom stereocenters. The van der Waals surface area contributed by atoms with Crippen molar-refractivity contribution < 1.29 is 5.11 Å². The molecular weight excluding hydrogens is 236 g/mol. The minimum Gasteiger partial charge on any atom is -0.382 e. The molecule has 0 bridgehead atoms. The Kier molecular flexibility index (Phi) is 3.38.